The molecule has 0 aliphatic carbocycles. The number of alkyl halides is 2. The molecule has 0 bridgehead atoms. The first-order valence-electron chi connectivity index (χ1n) is 7.32. The molecule has 7 heteroatoms. The molecule has 0 saturated heterocycles. The van der Waals surface area contributed by atoms with Gasteiger partial charge in [0.05, 0.1) is 0 Å². The SMILES string of the molecule is CC(C)=CCC/C(C)=C/CC/C(C)=C\C(=O)C(F)(F)P(=O)(O)O. The van der Waals surface area contributed by atoms with E-state index >= 15 is 0 Å². The fourth-order valence-corrected chi connectivity index (χ4v) is 2.11. The smallest absolute Gasteiger partial charge is 0.320 e. The normalized spacial score (nSPS) is 13.9. The first kappa shape index (κ1) is 21.9. The van der Waals surface area contributed by atoms with Crippen LogP contribution >= 0.6 is 7.60 Å². The van der Waals surface area contributed by atoms with Crippen LogP contribution in [-0.4, -0.2) is 21.2 Å². The summed E-state index contributed by atoms with van der Waals surface area (Å²) in [5, 5.41) is 0. The first-order valence-corrected chi connectivity index (χ1v) is 8.93. The third-order valence-electron chi connectivity index (χ3n) is 3.16. The van der Waals surface area contributed by atoms with E-state index in [1.54, 1.807) is 0 Å². The summed E-state index contributed by atoms with van der Waals surface area (Å²) in [5.74, 6) is -1.85. The van der Waals surface area contributed by atoms with Crippen molar-refractivity contribution >= 4 is 13.4 Å². The minimum atomic E-state index is -5.79. The van der Waals surface area contributed by atoms with Crippen molar-refractivity contribution in [2.45, 2.75) is 59.0 Å². The lowest BCUT2D eigenvalue weighted by atomic mass is 10.1. The maximum atomic E-state index is 13.2. The summed E-state index contributed by atoms with van der Waals surface area (Å²) in [6.45, 7) is 7.51. The van der Waals surface area contributed by atoms with Gasteiger partial charge in [0, 0.05) is 0 Å². The number of rotatable bonds is 9. The lowest BCUT2D eigenvalue weighted by Gasteiger charge is -2.14. The van der Waals surface area contributed by atoms with Gasteiger partial charge < -0.3 is 9.79 Å². The maximum absolute atomic E-state index is 13.2. The van der Waals surface area contributed by atoms with E-state index in [0.717, 1.165) is 12.8 Å². The molecule has 0 radical (unpaired) electrons. The Morgan fingerprint density at radius 3 is 1.96 bits per heavy atom. The Kier molecular flexibility index (Phi) is 8.82. The second-order valence-electron chi connectivity index (χ2n) is 5.85. The van der Waals surface area contributed by atoms with E-state index in [-0.39, 0.29) is 0 Å². The molecule has 0 aliphatic heterocycles. The van der Waals surface area contributed by atoms with Gasteiger partial charge in [0.2, 0.25) is 5.78 Å². The highest BCUT2D eigenvalue weighted by atomic mass is 31.2. The molecule has 132 valence electrons. The van der Waals surface area contributed by atoms with E-state index in [1.165, 1.54) is 18.1 Å². The van der Waals surface area contributed by atoms with Crippen LogP contribution in [-0.2, 0) is 9.36 Å². The predicted molar refractivity (Wildman–Crippen MR) is 87.4 cm³/mol. The molecule has 0 aromatic rings. The molecule has 0 rings (SSSR count). The number of carbonyl (C=O) groups is 1. The van der Waals surface area contributed by atoms with Gasteiger partial charge in [-0.1, -0.05) is 28.9 Å². The molecule has 0 atom stereocenters. The third kappa shape index (κ3) is 8.35. The van der Waals surface area contributed by atoms with Gasteiger partial charge in [-0.2, -0.15) is 8.78 Å². The largest absolute Gasteiger partial charge is 0.406 e. The summed E-state index contributed by atoms with van der Waals surface area (Å²) in [4.78, 5) is 28.3. The van der Waals surface area contributed by atoms with Gasteiger partial charge in [0.25, 0.3) is 0 Å². The van der Waals surface area contributed by atoms with Crippen molar-refractivity contribution in [3.05, 3.63) is 34.9 Å². The van der Waals surface area contributed by atoms with Crippen LogP contribution < -0.4 is 0 Å². The van der Waals surface area contributed by atoms with Crippen LogP contribution in [0.4, 0.5) is 8.78 Å². The number of hydrogen-bond donors (Lipinski definition) is 2. The monoisotopic (exact) mass is 350 g/mol. The summed E-state index contributed by atoms with van der Waals surface area (Å²) < 4.78 is 36.9. The van der Waals surface area contributed by atoms with Crippen LogP contribution in [0.2, 0.25) is 0 Å². The van der Waals surface area contributed by atoms with Gasteiger partial charge in [-0.05, 0) is 59.5 Å². The zero-order chi connectivity index (χ0) is 18.3. The number of carbonyl (C=O) groups excluding carboxylic acids is 1. The van der Waals surface area contributed by atoms with Crippen molar-refractivity contribution in [2.24, 2.45) is 0 Å². The van der Waals surface area contributed by atoms with Crippen molar-refractivity contribution in [1.82, 2.24) is 0 Å². The molecule has 0 aromatic heterocycles. The summed E-state index contributed by atoms with van der Waals surface area (Å²) in [5.41, 5.74) is -1.88. The summed E-state index contributed by atoms with van der Waals surface area (Å²) in [6.07, 6.45) is 7.52. The van der Waals surface area contributed by atoms with Gasteiger partial charge in [0.1, 0.15) is 0 Å². The summed E-state index contributed by atoms with van der Waals surface area (Å²) in [6, 6.07) is 0. The lowest BCUT2D eigenvalue weighted by molar-refractivity contribution is -0.129. The Bertz CT molecular complexity index is 552. The van der Waals surface area contributed by atoms with Crippen molar-refractivity contribution < 1.29 is 27.9 Å². The lowest BCUT2D eigenvalue weighted by Crippen LogP contribution is -2.27. The van der Waals surface area contributed by atoms with Gasteiger partial charge in [-0.15, -0.1) is 0 Å². The fraction of sp³-hybridized carbons (Fsp3) is 0.562. The molecule has 0 unspecified atom stereocenters. The predicted octanol–water partition coefficient (Wildman–Crippen LogP) is 4.75. The quantitative estimate of drug-likeness (QED) is 0.358. The number of ketones is 1. The zero-order valence-corrected chi connectivity index (χ0v) is 14.9. The van der Waals surface area contributed by atoms with Crippen LogP contribution in [0.1, 0.15) is 53.4 Å². The van der Waals surface area contributed by atoms with E-state index in [1.807, 2.05) is 26.8 Å². The van der Waals surface area contributed by atoms with E-state index in [2.05, 4.69) is 6.08 Å². The minimum Gasteiger partial charge on any atom is -0.320 e. The van der Waals surface area contributed by atoms with Crippen LogP contribution in [0, 0.1) is 0 Å². The Labute approximate surface area is 136 Å². The molecule has 0 heterocycles. The van der Waals surface area contributed by atoms with Crippen LogP contribution in [0.15, 0.2) is 34.9 Å². The average Bonchev–Trinajstić information content (AvgIpc) is 2.36. The molecule has 0 amide bonds. The molecular weight excluding hydrogens is 325 g/mol. The van der Waals surface area contributed by atoms with Gasteiger partial charge in [-0.25, -0.2) is 0 Å². The molecule has 0 spiro atoms. The van der Waals surface area contributed by atoms with Crippen LogP contribution in [0.5, 0.6) is 0 Å². The molecule has 23 heavy (non-hydrogen) atoms. The second-order valence-corrected chi connectivity index (χ2v) is 7.50. The van der Waals surface area contributed by atoms with Crippen molar-refractivity contribution in [1.29, 1.82) is 0 Å². The van der Waals surface area contributed by atoms with Crippen molar-refractivity contribution in [3.63, 3.8) is 0 Å². The Hall–Kier alpha value is -1.10. The van der Waals surface area contributed by atoms with Gasteiger partial charge >= 0.3 is 13.3 Å². The highest BCUT2D eigenvalue weighted by Crippen LogP contribution is 2.53. The standard InChI is InChI=1S/C16H25F2O4P/c1-12(2)7-5-8-13(3)9-6-10-14(4)11-15(19)16(17,18)23(20,21)22/h7,9,11H,5-6,8,10H2,1-4H3,(H2,20,21,22)/b13-9+,14-11-. The van der Waals surface area contributed by atoms with E-state index in [9.17, 15) is 18.1 Å². The molecule has 2 N–H and O–H groups in total. The summed E-state index contributed by atoms with van der Waals surface area (Å²) >= 11 is 0. The topological polar surface area (TPSA) is 74.6 Å². The van der Waals surface area contributed by atoms with Gasteiger partial charge in [0.15, 0.2) is 0 Å². The molecule has 0 aromatic carbocycles. The van der Waals surface area contributed by atoms with Gasteiger partial charge in [-0.3, -0.25) is 9.36 Å². The van der Waals surface area contributed by atoms with Crippen LogP contribution in [0.25, 0.3) is 0 Å². The van der Waals surface area contributed by atoms with Crippen molar-refractivity contribution in [2.75, 3.05) is 0 Å². The number of halogens is 2. The average molecular weight is 350 g/mol. The highest BCUT2D eigenvalue weighted by molar-refractivity contribution is 7.54. The molecule has 0 saturated carbocycles. The Balaban J connectivity index is 4.55. The third-order valence-corrected chi connectivity index (χ3v) is 4.11. The molecule has 0 fully saturated rings. The van der Waals surface area contributed by atoms with E-state index in [4.69, 9.17) is 9.79 Å². The fourth-order valence-electron chi connectivity index (χ4n) is 1.76. The minimum absolute atomic E-state index is 0.358. The summed E-state index contributed by atoms with van der Waals surface area (Å²) in [7, 11) is -5.79. The van der Waals surface area contributed by atoms with Crippen molar-refractivity contribution in [3.8, 4) is 0 Å². The molecule has 0 aliphatic rings. The maximum Gasteiger partial charge on any atom is 0.406 e. The Morgan fingerprint density at radius 2 is 1.48 bits per heavy atom. The zero-order valence-electron chi connectivity index (χ0n) is 14.0. The Morgan fingerprint density at radius 1 is 1.00 bits per heavy atom. The van der Waals surface area contributed by atoms with E-state index in [0.29, 0.717) is 24.5 Å². The van der Waals surface area contributed by atoms with E-state index < -0.39 is 19.0 Å². The van der Waals surface area contributed by atoms with Crippen LogP contribution in [0.3, 0.4) is 0 Å². The second kappa shape index (κ2) is 9.26. The molecular formula is C16H25F2O4P. The molecule has 4 nitrogen and oxygen atoms in total. The first-order chi connectivity index (χ1) is 10.4. The highest BCUT2D eigenvalue weighted by Gasteiger charge is 2.54. The number of hydrogen-bond acceptors (Lipinski definition) is 2. The number of allylic oxidation sites excluding steroid dienone is 6.